The van der Waals surface area contributed by atoms with Gasteiger partial charge in [0.15, 0.2) is 0 Å². The van der Waals surface area contributed by atoms with Crippen molar-refractivity contribution < 1.29 is 0 Å². The molecule has 0 saturated heterocycles. The van der Waals surface area contributed by atoms with Gasteiger partial charge < -0.3 is 5.73 Å². The van der Waals surface area contributed by atoms with Gasteiger partial charge in [-0.1, -0.05) is 17.7 Å². The third kappa shape index (κ3) is 3.33. The van der Waals surface area contributed by atoms with E-state index in [4.69, 9.17) is 17.3 Å². The molecule has 1 aromatic rings. The van der Waals surface area contributed by atoms with Crippen molar-refractivity contribution in [3.8, 4) is 0 Å². The van der Waals surface area contributed by atoms with E-state index in [0.717, 1.165) is 21.5 Å². The van der Waals surface area contributed by atoms with Crippen LogP contribution in [-0.4, -0.2) is 24.0 Å². The molecule has 0 heterocycles. The first-order valence-electron chi connectivity index (χ1n) is 7.10. The van der Waals surface area contributed by atoms with Crippen molar-refractivity contribution >= 4 is 27.5 Å². The molecule has 1 aromatic carbocycles. The van der Waals surface area contributed by atoms with Crippen molar-refractivity contribution in [2.24, 2.45) is 11.7 Å². The van der Waals surface area contributed by atoms with Gasteiger partial charge in [0, 0.05) is 29.6 Å². The Morgan fingerprint density at radius 1 is 1.32 bits per heavy atom. The Labute approximate surface area is 128 Å². The molecule has 2 saturated carbocycles. The fraction of sp³-hybridized carbons (Fsp3) is 0.600. The molecule has 0 aromatic heterocycles. The topological polar surface area (TPSA) is 29.3 Å². The van der Waals surface area contributed by atoms with Crippen LogP contribution in [0.2, 0.25) is 5.02 Å². The molecule has 2 aliphatic carbocycles. The highest BCUT2D eigenvalue weighted by molar-refractivity contribution is 9.10. The fourth-order valence-electron chi connectivity index (χ4n) is 2.72. The Morgan fingerprint density at radius 3 is 2.58 bits per heavy atom. The van der Waals surface area contributed by atoms with Crippen LogP contribution in [0.25, 0.3) is 0 Å². The van der Waals surface area contributed by atoms with Crippen molar-refractivity contribution in [3.05, 3.63) is 33.3 Å². The lowest BCUT2D eigenvalue weighted by Crippen LogP contribution is -2.37. The lowest BCUT2D eigenvalue weighted by atomic mass is 10.0. The first-order valence-corrected chi connectivity index (χ1v) is 8.27. The van der Waals surface area contributed by atoms with E-state index in [9.17, 15) is 0 Å². The van der Waals surface area contributed by atoms with Crippen LogP contribution in [0.4, 0.5) is 0 Å². The lowest BCUT2D eigenvalue weighted by Gasteiger charge is -2.31. The Hall–Kier alpha value is -0.0900. The zero-order valence-electron chi connectivity index (χ0n) is 11.0. The van der Waals surface area contributed by atoms with Crippen LogP contribution in [0.1, 0.15) is 37.3 Å². The minimum atomic E-state index is 0.335. The standard InChI is InChI=1S/C15H20BrClN2/c16-13-7-11(3-6-14(13)17)15(8-18)19(12-4-5-12)9-10-1-2-10/h3,6-7,10,12,15H,1-2,4-5,8-9,18H2. The minimum Gasteiger partial charge on any atom is -0.329 e. The SMILES string of the molecule is NCC(c1ccc(Cl)c(Br)c1)N(CC1CC1)C1CC1. The van der Waals surface area contributed by atoms with Crippen LogP contribution in [0.15, 0.2) is 22.7 Å². The van der Waals surface area contributed by atoms with Crippen LogP contribution < -0.4 is 5.73 Å². The van der Waals surface area contributed by atoms with Crippen LogP contribution in [-0.2, 0) is 0 Å². The molecule has 19 heavy (non-hydrogen) atoms. The maximum Gasteiger partial charge on any atom is 0.0548 e. The Balaban J connectivity index is 1.81. The summed E-state index contributed by atoms with van der Waals surface area (Å²) in [5.41, 5.74) is 7.35. The van der Waals surface area contributed by atoms with Crippen molar-refractivity contribution in [1.29, 1.82) is 0 Å². The molecule has 3 rings (SSSR count). The predicted octanol–water partition coefficient (Wildman–Crippen LogP) is 3.98. The number of nitrogens with two attached hydrogens (primary N) is 1. The van der Waals surface area contributed by atoms with Crippen molar-refractivity contribution in [2.45, 2.75) is 37.8 Å². The summed E-state index contributed by atoms with van der Waals surface area (Å²) in [7, 11) is 0. The average Bonchev–Trinajstić information content (AvgIpc) is 3.27. The minimum absolute atomic E-state index is 0.335. The molecule has 0 bridgehead atoms. The van der Waals surface area contributed by atoms with Crippen LogP contribution in [0.3, 0.4) is 0 Å². The summed E-state index contributed by atoms with van der Waals surface area (Å²) in [6.45, 7) is 1.89. The predicted molar refractivity (Wildman–Crippen MR) is 83.4 cm³/mol. The van der Waals surface area contributed by atoms with E-state index >= 15 is 0 Å². The molecular weight excluding hydrogens is 324 g/mol. The van der Waals surface area contributed by atoms with Crippen molar-refractivity contribution in [1.82, 2.24) is 4.90 Å². The number of benzene rings is 1. The molecule has 104 valence electrons. The Kier molecular flexibility index (Phi) is 4.18. The number of rotatable bonds is 6. The van der Waals surface area contributed by atoms with E-state index in [-0.39, 0.29) is 0 Å². The zero-order valence-corrected chi connectivity index (χ0v) is 13.3. The molecule has 1 unspecified atom stereocenters. The molecule has 4 heteroatoms. The van der Waals surface area contributed by atoms with E-state index in [1.165, 1.54) is 37.8 Å². The number of hydrogen-bond donors (Lipinski definition) is 1. The molecule has 2 fully saturated rings. The third-order valence-electron chi connectivity index (χ3n) is 4.13. The summed E-state index contributed by atoms with van der Waals surface area (Å²) < 4.78 is 0.965. The first kappa shape index (κ1) is 13.9. The van der Waals surface area contributed by atoms with Gasteiger partial charge in [-0.15, -0.1) is 0 Å². The second kappa shape index (κ2) is 5.72. The van der Waals surface area contributed by atoms with E-state index < -0.39 is 0 Å². The molecule has 2 nitrogen and oxygen atoms in total. The molecule has 2 aliphatic rings. The molecule has 0 amide bonds. The summed E-state index contributed by atoms with van der Waals surface area (Å²) in [6.07, 6.45) is 5.45. The Morgan fingerprint density at radius 2 is 2.05 bits per heavy atom. The monoisotopic (exact) mass is 342 g/mol. The number of halogens is 2. The summed E-state index contributed by atoms with van der Waals surface area (Å²) in [5.74, 6) is 0.908. The van der Waals surface area contributed by atoms with E-state index in [2.05, 4.69) is 33.0 Å². The van der Waals surface area contributed by atoms with E-state index in [1.807, 2.05) is 6.07 Å². The molecular formula is C15H20BrClN2. The van der Waals surface area contributed by atoms with Gasteiger partial charge >= 0.3 is 0 Å². The second-order valence-corrected chi connectivity index (χ2v) is 7.06. The van der Waals surface area contributed by atoms with Gasteiger partial charge in [-0.3, -0.25) is 4.90 Å². The summed E-state index contributed by atoms with van der Waals surface area (Å²) in [5, 5.41) is 0.764. The Bertz CT molecular complexity index is 457. The van der Waals surface area contributed by atoms with Crippen LogP contribution in [0.5, 0.6) is 0 Å². The van der Waals surface area contributed by atoms with Gasteiger partial charge in [-0.2, -0.15) is 0 Å². The second-order valence-electron chi connectivity index (χ2n) is 5.80. The molecule has 0 spiro atoms. The zero-order chi connectivity index (χ0) is 13.4. The summed E-state index contributed by atoms with van der Waals surface area (Å²) in [6, 6.07) is 7.30. The van der Waals surface area contributed by atoms with Crippen LogP contribution in [0, 0.1) is 5.92 Å². The maximum absolute atomic E-state index is 6.09. The van der Waals surface area contributed by atoms with Crippen molar-refractivity contribution in [3.63, 3.8) is 0 Å². The average molecular weight is 344 g/mol. The normalized spacial score (nSPS) is 20.8. The van der Waals surface area contributed by atoms with Gasteiger partial charge in [0.05, 0.1) is 5.02 Å². The smallest absolute Gasteiger partial charge is 0.0548 e. The number of hydrogen-bond acceptors (Lipinski definition) is 2. The van der Waals surface area contributed by atoms with Crippen LogP contribution >= 0.6 is 27.5 Å². The summed E-state index contributed by atoms with van der Waals surface area (Å²) >= 11 is 9.60. The van der Waals surface area contributed by atoms with Gasteiger partial charge in [0.1, 0.15) is 0 Å². The van der Waals surface area contributed by atoms with Gasteiger partial charge in [0.2, 0.25) is 0 Å². The first-order chi connectivity index (χ1) is 9.19. The lowest BCUT2D eigenvalue weighted by molar-refractivity contribution is 0.183. The summed E-state index contributed by atoms with van der Waals surface area (Å²) in [4.78, 5) is 2.63. The highest BCUT2D eigenvalue weighted by atomic mass is 79.9. The maximum atomic E-state index is 6.09. The highest BCUT2D eigenvalue weighted by Crippen LogP contribution is 2.40. The molecule has 1 atom stereocenters. The third-order valence-corrected chi connectivity index (χ3v) is 5.35. The molecule has 0 aliphatic heterocycles. The molecule has 0 radical (unpaired) electrons. The van der Waals surface area contributed by atoms with Crippen molar-refractivity contribution in [2.75, 3.05) is 13.1 Å². The number of nitrogens with zero attached hydrogens (tertiary/aromatic N) is 1. The van der Waals surface area contributed by atoms with E-state index in [0.29, 0.717) is 12.6 Å². The molecule has 2 N–H and O–H groups in total. The van der Waals surface area contributed by atoms with Gasteiger partial charge in [-0.25, -0.2) is 0 Å². The van der Waals surface area contributed by atoms with Gasteiger partial charge in [-0.05, 0) is 65.2 Å². The largest absolute Gasteiger partial charge is 0.329 e. The van der Waals surface area contributed by atoms with Gasteiger partial charge in [0.25, 0.3) is 0 Å². The quantitative estimate of drug-likeness (QED) is 0.846. The van der Waals surface area contributed by atoms with E-state index in [1.54, 1.807) is 0 Å². The fourth-order valence-corrected chi connectivity index (χ4v) is 3.23. The highest BCUT2D eigenvalue weighted by Gasteiger charge is 2.37.